The van der Waals surface area contributed by atoms with Gasteiger partial charge < -0.3 is 9.47 Å². The van der Waals surface area contributed by atoms with Gasteiger partial charge in [0.2, 0.25) is 0 Å². The number of rotatable bonds is 7. The molecule has 0 aromatic heterocycles. The third-order valence-corrected chi connectivity index (χ3v) is 3.23. The van der Waals surface area contributed by atoms with Crippen LogP contribution in [0.25, 0.3) is 0 Å². The van der Waals surface area contributed by atoms with Gasteiger partial charge in [-0.1, -0.05) is 53.2 Å². The first-order valence-electron chi connectivity index (χ1n) is 5.98. The Kier molecular flexibility index (Phi) is 6.98. The van der Waals surface area contributed by atoms with Crippen molar-refractivity contribution in [3.8, 4) is 0 Å². The quantitative estimate of drug-likeness (QED) is 0.573. The molecule has 0 aliphatic carbocycles. The van der Waals surface area contributed by atoms with Gasteiger partial charge in [-0.15, -0.1) is 0 Å². The summed E-state index contributed by atoms with van der Waals surface area (Å²) in [6.07, 6.45) is -0.140. The molecule has 0 unspecified atom stereocenters. The molecule has 1 aromatic rings. The summed E-state index contributed by atoms with van der Waals surface area (Å²) in [6, 6.07) is 10.0. The highest BCUT2D eigenvalue weighted by atomic mass is 79.9. The van der Waals surface area contributed by atoms with Crippen molar-refractivity contribution in [1.82, 2.24) is 0 Å². The van der Waals surface area contributed by atoms with E-state index in [1.165, 1.54) is 6.92 Å². The summed E-state index contributed by atoms with van der Waals surface area (Å²) < 4.78 is 10.8. The van der Waals surface area contributed by atoms with Crippen LogP contribution in [0.4, 0.5) is 0 Å². The van der Waals surface area contributed by atoms with E-state index >= 15 is 0 Å². The number of carbonyl (C=O) groups is 1. The van der Waals surface area contributed by atoms with Crippen LogP contribution in [0, 0.1) is 5.92 Å². The van der Waals surface area contributed by atoms with E-state index in [0.29, 0.717) is 18.5 Å². The first-order valence-corrected chi connectivity index (χ1v) is 7.10. The molecule has 100 valence electrons. The summed E-state index contributed by atoms with van der Waals surface area (Å²) in [5.74, 6) is -0.0913. The minimum Gasteiger partial charge on any atom is -0.461 e. The molecule has 0 aliphatic heterocycles. The average Bonchev–Trinajstić information content (AvgIpc) is 2.36. The van der Waals surface area contributed by atoms with E-state index in [1.54, 1.807) is 0 Å². The van der Waals surface area contributed by atoms with Crippen molar-refractivity contribution in [2.24, 2.45) is 5.92 Å². The fourth-order valence-electron chi connectivity index (χ4n) is 1.56. The number of carbonyl (C=O) groups excluding carboxylic acids is 1. The number of benzene rings is 1. The molecule has 3 nitrogen and oxygen atoms in total. The molecular weight excluding hydrogens is 296 g/mol. The molecule has 0 N–H and O–H groups in total. The Morgan fingerprint density at radius 1 is 1.33 bits per heavy atom. The highest BCUT2D eigenvalue weighted by molar-refractivity contribution is 9.09. The van der Waals surface area contributed by atoms with Gasteiger partial charge >= 0.3 is 5.97 Å². The number of ether oxygens (including phenoxy) is 2. The minimum atomic E-state index is -0.255. The second-order valence-corrected chi connectivity index (χ2v) is 4.93. The van der Waals surface area contributed by atoms with Crippen molar-refractivity contribution in [3.63, 3.8) is 0 Å². The fourth-order valence-corrected chi connectivity index (χ4v) is 2.33. The van der Waals surface area contributed by atoms with Crippen molar-refractivity contribution < 1.29 is 14.3 Å². The SMILES string of the molecule is CC(=O)O[C@@H](CBr)[C@H](C)COCc1ccccc1. The second kappa shape index (κ2) is 8.27. The van der Waals surface area contributed by atoms with Gasteiger partial charge in [0.25, 0.3) is 0 Å². The topological polar surface area (TPSA) is 35.5 Å². The average molecular weight is 315 g/mol. The first-order chi connectivity index (χ1) is 8.63. The van der Waals surface area contributed by atoms with Gasteiger partial charge in [-0.25, -0.2) is 0 Å². The van der Waals surface area contributed by atoms with Crippen LogP contribution < -0.4 is 0 Å². The molecule has 0 bridgehead atoms. The third kappa shape index (κ3) is 5.65. The number of halogens is 1. The Morgan fingerprint density at radius 2 is 2.00 bits per heavy atom. The molecule has 0 radical (unpaired) electrons. The maximum Gasteiger partial charge on any atom is 0.302 e. The number of esters is 1. The van der Waals surface area contributed by atoms with E-state index < -0.39 is 0 Å². The molecule has 0 fully saturated rings. The maximum absolute atomic E-state index is 10.9. The van der Waals surface area contributed by atoms with Gasteiger partial charge in [0, 0.05) is 18.2 Å². The zero-order chi connectivity index (χ0) is 13.4. The van der Waals surface area contributed by atoms with Crippen LogP contribution in [0.5, 0.6) is 0 Å². The molecule has 18 heavy (non-hydrogen) atoms. The fraction of sp³-hybridized carbons (Fsp3) is 0.500. The first kappa shape index (κ1) is 15.2. The zero-order valence-corrected chi connectivity index (χ0v) is 12.4. The standard InChI is InChI=1S/C14H19BrO3/c1-11(14(8-15)18-12(2)16)9-17-10-13-6-4-3-5-7-13/h3-7,11,14H,8-10H2,1-2H3/t11-,14+/m1/s1. The Hall–Kier alpha value is -0.870. The third-order valence-electron chi connectivity index (χ3n) is 2.60. The molecular formula is C14H19BrO3. The molecule has 1 rings (SSSR count). The molecule has 1 aromatic carbocycles. The van der Waals surface area contributed by atoms with E-state index in [9.17, 15) is 4.79 Å². The van der Waals surface area contributed by atoms with Crippen LogP contribution in [0.2, 0.25) is 0 Å². The van der Waals surface area contributed by atoms with Gasteiger partial charge in [-0.3, -0.25) is 4.79 Å². The molecule has 0 spiro atoms. The van der Waals surface area contributed by atoms with Gasteiger partial charge in [0.15, 0.2) is 0 Å². The van der Waals surface area contributed by atoms with E-state index in [1.807, 2.05) is 37.3 Å². The van der Waals surface area contributed by atoms with E-state index in [2.05, 4.69) is 15.9 Å². The van der Waals surface area contributed by atoms with Crippen molar-refractivity contribution in [3.05, 3.63) is 35.9 Å². The highest BCUT2D eigenvalue weighted by Crippen LogP contribution is 2.12. The second-order valence-electron chi connectivity index (χ2n) is 4.28. The zero-order valence-electron chi connectivity index (χ0n) is 10.8. The molecule has 0 heterocycles. The summed E-state index contributed by atoms with van der Waals surface area (Å²) in [6.45, 7) is 4.59. The number of alkyl halides is 1. The Balaban J connectivity index is 2.31. The largest absolute Gasteiger partial charge is 0.461 e. The van der Waals surface area contributed by atoms with Crippen molar-refractivity contribution in [2.45, 2.75) is 26.6 Å². The lowest BCUT2D eigenvalue weighted by Crippen LogP contribution is -2.28. The van der Waals surface area contributed by atoms with E-state index in [-0.39, 0.29) is 18.0 Å². The normalized spacial score (nSPS) is 13.9. The van der Waals surface area contributed by atoms with Gasteiger partial charge in [0.05, 0.1) is 13.2 Å². The lowest BCUT2D eigenvalue weighted by Gasteiger charge is -2.21. The monoisotopic (exact) mass is 314 g/mol. The summed E-state index contributed by atoms with van der Waals surface area (Å²) in [5.41, 5.74) is 1.15. The smallest absolute Gasteiger partial charge is 0.302 e. The van der Waals surface area contributed by atoms with Crippen LogP contribution in [-0.4, -0.2) is 24.0 Å². The van der Waals surface area contributed by atoms with Crippen molar-refractivity contribution in [1.29, 1.82) is 0 Å². The summed E-state index contributed by atoms with van der Waals surface area (Å²) in [5, 5.41) is 0.627. The van der Waals surface area contributed by atoms with Crippen molar-refractivity contribution >= 4 is 21.9 Å². The molecule has 0 saturated carbocycles. The minimum absolute atomic E-state index is 0.140. The van der Waals surface area contributed by atoms with Gasteiger partial charge in [-0.2, -0.15) is 0 Å². The van der Waals surface area contributed by atoms with Gasteiger partial charge in [0.1, 0.15) is 6.10 Å². The Labute approximate surface area is 117 Å². The van der Waals surface area contributed by atoms with Crippen LogP contribution >= 0.6 is 15.9 Å². The summed E-state index contributed by atoms with van der Waals surface area (Å²) >= 11 is 3.35. The summed E-state index contributed by atoms with van der Waals surface area (Å²) in [7, 11) is 0. The summed E-state index contributed by atoms with van der Waals surface area (Å²) in [4.78, 5) is 10.9. The van der Waals surface area contributed by atoms with Crippen LogP contribution in [0.1, 0.15) is 19.4 Å². The number of hydrogen-bond acceptors (Lipinski definition) is 3. The Morgan fingerprint density at radius 3 is 2.56 bits per heavy atom. The molecule has 0 saturated heterocycles. The molecule has 0 amide bonds. The predicted octanol–water partition coefficient (Wildman–Crippen LogP) is 3.17. The molecule has 2 atom stereocenters. The predicted molar refractivity (Wildman–Crippen MR) is 74.6 cm³/mol. The molecule has 0 aliphatic rings. The van der Waals surface area contributed by atoms with Crippen molar-refractivity contribution in [2.75, 3.05) is 11.9 Å². The van der Waals surface area contributed by atoms with Crippen LogP contribution in [-0.2, 0) is 20.9 Å². The van der Waals surface area contributed by atoms with E-state index in [0.717, 1.165) is 5.56 Å². The van der Waals surface area contributed by atoms with E-state index in [4.69, 9.17) is 9.47 Å². The Bertz CT molecular complexity index is 353. The highest BCUT2D eigenvalue weighted by Gasteiger charge is 2.19. The maximum atomic E-state index is 10.9. The molecule has 4 heteroatoms. The van der Waals surface area contributed by atoms with Gasteiger partial charge in [-0.05, 0) is 5.56 Å². The van der Waals surface area contributed by atoms with Crippen LogP contribution in [0.3, 0.4) is 0 Å². The number of hydrogen-bond donors (Lipinski definition) is 0. The van der Waals surface area contributed by atoms with Crippen LogP contribution in [0.15, 0.2) is 30.3 Å². The lowest BCUT2D eigenvalue weighted by molar-refractivity contribution is -0.148. The lowest BCUT2D eigenvalue weighted by atomic mass is 10.1.